The smallest absolute Gasteiger partial charge is 0.175 e. The first-order chi connectivity index (χ1) is 8.86. The molecule has 0 unspecified atom stereocenters. The largest absolute Gasteiger partial charge is 0.455 e. The lowest BCUT2D eigenvalue weighted by Gasteiger charge is -2.09. The predicted molar refractivity (Wildman–Crippen MR) is 75.5 cm³/mol. The van der Waals surface area contributed by atoms with Crippen molar-refractivity contribution in [1.29, 1.82) is 0 Å². The summed E-state index contributed by atoms with van der Waals surface area (Å²) in [6, 6.07) is 11.2. The number of halogens is 1. The zero-order valence-corrected chi connectivity index (χ0v) is 11.7. The van der Waals surface area contributed by atoms with Crippen molar-refractivity contribution in [2.75, 3.05) is 12.0 Å². The summed E-state index contributed by atoms with van der Waals surface area (Å²) in [5.74, 6) is 0.918. The molecule has 0 amide bonds. The maximum atomic E-state index is 11.4. The van der Waals surface area contributed by atoms with E-state index in [2.05, 4.69) is 0 Å². The van der Waals surface area contributed by atoms with Crippen molar-refractivity contribution in [2.24, 2.45) is 0 Å². The number of nitrogens with two attached hydrogens (primary N) is 1. The summed E-state index contributed by atoms with van der Waals surface area (Å²) in [6.07, 6.45) is 1.12. The number of sulfone groups is 1. The highest BCUT2D eigenvalue weighted by Gasteiger charge is 2.10. The van der Waals surface area contributed by atoms with Crippen LogP contribution in [0, 0.1) is 0 Å². The van der Waals surface area contributed by atoms with E-state index in [0.717, 1.165) is 6.26 Å². The molecule has 0 aromatic heterocycles. The van der Waals surface area contributed by atoms with E-state index in [4.69, 9.17) is 22.1 Å². The van der Waals surface area contributed by atoms with E-state index in [-0.39, 0.29) is 10.6 Å². The van der Waals surface area contributed by atoms with Gasteiger partial charge in [0.25, 0.3) is 0 Å². The predicted octanol–water partition coefficient (Wildman–Crippen LogP) is 3.12. The van der Waals surface area contributed by atoms with Crippen molar-refractivity contribution in [3.63, 3.8) is 0 Å². The average molecular weight is 298 g/mol. The van der Waals surface area contributed by atoms with E-state index < -0.39 is 9.84 Å². The molecule has 2 rings (SSSR count). The number of benzene rings is 2. The van der Waals surface area contributed by atoms with Crippen molar-refractivity contribution < 1.29 is 13.2 Å². The van der Waals surface area contributed by atoms with Crippen LogP contribution in [0.15, 0.2) is 47.4 Å². The highest BCUT2D eigenvalue weighted by Crippen LogP contribution is 2.30. The van der Waals surface area contributed by atoms with Gasteiger partial charge in [0.15, 0.2) is 9.84 Å². The molecule has 2 N–H and O–H groups in total. The summed E-state index contributed by atoms with van der Waals surface area (Å²) in [6.45, 7) is 0. The van der Waals surface area contributed by atoms with Crippen LogP contribution in [0.3, 0.4) is 0 Å². The molecule has 100 valence electrons. The Labute approximate surface area is 116 Å². The van der Waals surface area contributed by atoms with Gasteiger partial charge in [-0.2, -0.15) is 0 Å². The Kier molecular flexibility index (Phi) is 3.68. The molecule has 2 aromatic rings. The summed E-state index contributed by atoms with van der Waals surface area (Å²) in [4.78, 5) is 0.156. The van der Waals surface area contributed by atoms with Crippen LogP contribution in [0.5, 0.6) is 11.5 Å². The van der Waals surface area contributed by atoms with E-state index in [0.29, 0.717) is 16.5 Å². The van der Waals surface area contributed by atoms with Gasteiger partial charge >= 0.3 is 0 Å². The lowest BCUT2D eigenvalue weighted by Crippen LogP contribution is -1.99. The fourth-order valence-corrected chi connectivity index (χ4v) is 2.34. The van der Waals surface area contributed by atoms with Crippen molar-refractivity contribution in [1.82, 2.24) is 0 Å². The number of rotatable bonds is 3. The molecule has 0 radical (unpaired) electrons. The van der Waals surface area contributed by atoms with Gasteiger partial charge in [0, 0.05) is 11.3 Å². The monoisotopic (exact) mass is 297 g/mol. The van der Waals surface area contributed by atoms with Crippen molar-refractivity contribution in [3.05, 3.63) is 47.5 Å². The Morgan fingerprint density at radius 1 is 1.16 bits per heavy atom. The molecular weight excluding hydrogens is 286 g/mol. The fraction of sp³-hybridized carbons (Fsp3) is 0.0769. The maximum absolute atomic E-state index is 11.4. The Balaban J connectivity index is 2.32. The molecule has 19 heavy (non-hydrogen) atoms. The zero-order chi connectivity index (χ0) is 14.0. The van der Waals surface area contributed by atoms with Crippen LogP contribution in [0.1, 0.15) is 0 Å². The van der Waals surface area contributed by atoms with Crippen LogP contribution in [-0.4, -0.2) is 14.7 Å². The molecule has 0 aliphatic carbocycles. The Morgan fingerprint density at radius 2 is 1.89 bits per heavy atom. The quantitative estimate of drug-likeness (QED) is 0.884. The second-order valence-corrected chi connectivity index (χ2v) is 6.48. The second-order valence-electron chi connectivity index (χ2n) is 4.03. The number of anilines is 1. The van der Waals surface area contributed by atoms with E-state index >= 15 is 0 Å². The molecule has 6 heteroatoms. The van der Waals surface area contributed by atoms with E-state index in [1.165, 1.54) is 18.2 Å². The van der Waals surface area contributed by atoms with E-state index in [9.17, 15) is 8.42 Å². The Hall–Kier alpha value is -1.72. The number of ether oxygens (including phenoxy) is 1. The third-order valence-corrected chi connectivity index (χ3v) is 3.78. The number of nitrogen functional groups attached to an aromatic ring is 1. The molecule has 4 nitrogen and oxygen atoms in total. The van der Waals surface area contributed by atoms with Crippen molar-refractivity contribution >= 4 is 27.1 Å². The van der Waals surface area contributed by atoms with Crippen LogP contribution in [0.2, 0.25) is 5.02 Å². The summed E-state index contributed by atoms with van der Waals surface area (Å²) in [7, 11) is -3.28. The first kappa shape index (κ1) is 13.7. The molecule has 0 bridgehead atoms. The third-order valence-electron chi connectivity index (χ3n) is 2.43. The lowest BCUT2D eigenvalue weighted by molar-refractivity contribution is 0.484. The molecule has 0 aliphatic rings. The SMILES string of the molecule is CS(=O)(=O)c1ccc(Oc2cccc(Cl)c2)c(N)c1. The van der Waals surface area contributed by atoms with Gasteiger partial charge in [-0.15, -0.1) is 0 Å². The molecule has 0 aliphatic heterocycles. The first-order valence-corrected chi connectivity index (χ1v) is 7.66. The Bertz CT molecular complexity index is 714. The van der Waals surface area contributed by atoms with Crippen molar-refractivity contribution in [2.45, 2.75) is 4.90 Å². The minimum Gasteiger partial charge on any atom is -0.455 e. The Morgan fingerprint density at radius 3 is 2.47 bits per heavy atom. The molecule has 0 fully saturated rings. The molecule has 0 saturated heterocycles. The maximum Gasteiger partial charge on any atom is 0.175 e. The van der Waals surface area contributed by atoms with Gasteiger partial charge < -0.3 is 10.5 Å². The number of hydrogen-bond acceptors (Lipinski definition) is 4. The summed E-state index contributed by atoms with van der Waals surface area (Å²) >= 11 is 5.85. The average Bonchev–Trinajstić information content (AvgIpc) is 2.30. The van der Waals surface area contributed by atoms with Crippen LogP contribution in [-0.2, 0) is 9.84 Å². The molecule has 0 atom stereocenters. The van der Waals surface area contributed by atoms with Crippen LogP contribution >= 0.6 is 11.6 Å². The summed E-state index contributed by atoms with van der Waals surface area (Å²) in [5, 5.41) is 0.545. The molecule has 0 heterocycles. The lowest BCUT2D eigenvalue weighted by atomic mass is 10.3. The normalized spacial score (nSPS) is 11.3. The van der Waals surface area contributed by atoms with Gasteiger partial charge in [-0.25, -0.2) is 8.42 Å². The van der Waals surface area contributed by atoms with E-state index in [1.54, 1.807) is 24.3 Å². The molecule has 0 spiro atoms. The minimum absolute atomic E-state index is 0.156. The topological polar surface area (TPSA) is 69.4 Å². The number of hydrogen-bond donors (Lipinski definition) is 1. The van der Waals surface area contributed by atoms with Gasteiger partial charge in [0.1, 0.15) is 11.5 Å². The molecule has 0 saturated carbocycles. The van der Waals surface area contributed by atoms with Gasteiger partial charge in [-0.3, -0.25) is 0 Å². The van der Waals surface area contributed by atoms with Crippen molar-refractivity contribution in [3.8, 4) is 11.5 Å². The van der Waals surface area contributed by atoms with E-state index in [1.807, 2.05) is 0 Å². The second kappa shape index (κ2) is 5.11. The van der Waals surface area contributed by atoms with Crippen LogP contribution in [0.4, 0.5) is 5.69 Å². The van der Waals surface area contributed by atoms with Gasteiger partial charge in [-0.1, -0.05) is 17.7 Å². The first-order valence-electron chi connectivity index (χ1n) is 5.39. The summed E-state index contributed by atoms with van der Waals surface area (Å²) in [5.41, 5.74) is 6.03. The zero-order valence-electron chi connectivity index (χ0n) is 10.1. The fourth-order valence-electron chi connectivity index (χ4n) is 1.51. The molecule has 2 aromatic carbocycles. The summed E-state index contributed by atoms with van der Waals surface area (Å²) < 4.78 is 28.3. The van der Waals surface area contributed by atoms with Crippen LogP contribution < -0.4 is 10.5 Å². The molecular formula is C13H12ClNO3S. The third kappa shape index (κ3) is 3.39. The highest BCUT2D eigenvalue weighted by molar-refractivity contribution is 7.90. The van der Waals surface area contributed by atoms with Gasteiger partial charge in [0.2, 0.25) is 0 Å². The minimum atomic E-state index is -3.28. The highest BCUT2D eigenvalue weighted by atomic mass is 35.5. The standard InChI is InChI=1S/C13H12ClNO3S/c1-19(16,17)11-5-6-13(12(15)8-11)18-10-4-2-3-9(14)7-10/h2-8H,15H2,1H3. The van der Waals surface area contributed by atoms with Crippen LogP contribution in [0.25, 0.3) is 0 Å². The van der Waals surface area contributed by atoms with Gasteiger partial charge in [0.05, 0.1) is 10.6 Å². The van der Waals surface area contributed by atoms with Gasteiger partial charge in [-0.05, 0) is 36.4 Å².